The molecule has 7 nitrogen and oxygen atoms in total. The number of nitrogens with zero attached hydrogens (tertiary/aromatic N) is 7. The van der Waals surface area contributed by atoms with Crippen molar-refractivity contribution in [2.75, 3.05) is 4.90 Å². The van der Waals surface area contributed by atoms with E-state index in [1.54, 1.807) is 12.4 Å². The number of benzene rings is 4. The van der Waals surface area contributed by atoms with Crippen LogP contribution in [-0.2, 0) is 0 Å². The zero-order valence-corrected chi connectivity index (χ0v) is 31.6. The van der Waals surface area contributed by atoms with Gasteiger partial charge in [0.25, 0.3) is 0 Å². The number of rotatable bonds is 5. The van der Waals surface area contributed by atoms with Crippen molar-refractivity contribution in [1.82, 2.24) is 29.5 Å². The molecule has 1 aliphatic heterocycles. The predicted molar refractivity (Wildman–Crippen MR) is 233 cm³/mol. The Morgan fingerprint density at radius 2 is 1.12 bits per heavy atom. The van der Waals surface area contributed by atoms with E-state index in [1.807, 2.05) is 55.2 Å². The molecule has 0 saturated carbocycles. The van der Waals surface area contributed by atoms with Gasteiger partial charge in [-0.25, -0.2) is 9.97 Å². The van der Waals surface area contributed by atoms with Crippen molar-refractivity contribution in [3.8, 4) is 50.5 Å². The average Bonchev–Trinajstić information content (AvgIpc) is 3.60. The third kappa shape index (κ3) is 5.88. The zero-order chi connectivity index (χ0) is 38.3. The van der Waals surface area contributed by atoms with Crippen LogP contribution in [0.3, 0.4) is 0 Å². The van der Waals surface area contributed by atoms with Crippen molar-refractivity contribution in [1.29, 1.82) is 0 Å². The Bertz CT molecular complexity index is 3030. The third-order valence-corrected chi connectivity index (χ3v) is 10.4. The zero-order valence-electron chi connectivity index (χ0n) is 31.6. The molecule has 10 aromatic rings. The van der Waals surface area contributed by atoms with Crippen LogP contribution < -0.4 is 4.90 Å². The van der Waals surface area contributed by atoms with E-state index < -0.39 is 0 Å². The first-order valence-corrected chi connectivity index (χ1v) is 19.3. The Kier molecular flexibility index (Phi) is 8.53. The largest absolute Gasteiger partial charge is 0.294 e. The topological polar surface area (TPSA) is 72.6 Å². The molecule has 57 heavy (non-hydrogen) atoms. The van der Waals surface area contributed by atoms with Gasteiger partial charge in [-0.15, -0.1) is 0 Å². The lowest BCUT2D eigenvalue weighted by Gasteiger charge is -2.33. The Labute approximate surface area is 330 Å². The molecule has 1 aliphatic rings. The van der Waals surface area contributed by atoms with Gasteiger partial charge < -0.3 is 0 Å². The van der Waals surface area contributed by atoms with Crippen molar-refractivity contribution in [3.63, 3.8) is 0 Å². The molecular formula is C50H37N7. The van der Waals surface area contributed by atoms with Gasteiger partial charge in [-0.2, -0.15) is 0 Å². The van der Waals surface area contributed by atoms with Gasteiger partial charge in [-0.05, 0) is 89.8 Å². The minimum absolute atomic E-state index is 0.831. The molecule has 0 aliphatic carbocycles. The van der Waals surface area contributed by atoms with E-state index in [4.69, 9.17) is 9.97 Å². The van der Waals surface area contributed by atoms with Gasteiger partial charge in [-0.3, -0.25) is 24.4 Å². The molecule has 11 rings (SSSR count). The monoisotopic (exact) mass is 735 g/mol. The van der Waals surface area contributed by atoms with E-state index in [-0.39, 0.29) is 0 Å². The number of pyridine rings is 5. The maximum atomic E-state index is 5.09. The Morgan fingerprint density at radius 1 is 0.456 bits per heavy atom. The van der Waals surface area contributed by atoms with Gasteiger partial charge in [0.1, 0.15) is 11.6 Å². The Morgan fingerprint density at radius 3 is 1.77 bits per heavy atom. The van der Waals surface area contributed by atoms with Crippen LogP contribution in [0.25, 0.3) is 83.0 Å². The van der Waals surface area contributed by atoms with Gasteiger partial charge in [0.2, 0.25) is 0 Å². The lowest BCUT2D eigenvalue weighted by atomic mass is 9.90. The standard InChI is InChI=1S/C47H29N7.C3H8/c1-2-22-50-40(12-1)31-14-17-41-37(23-31)39-24-38-36-11-3-7-30-8-4-13-42(47(30)36)54(46-19-16-35(29-52-46)33-10-6-21-49-27-33)43(38)25-44(39)53(41)45-18-15-34(28-51-45)32-9-5-20-48-26-32;1-3-2/h1-29H;3H2,1-2H3. The third-order valence-electron chi connectivity index (χ3n) is 10.4. The Hall–Kier alpha value is -7.51. The molecule has 0 spiro atoms. The molecular weight excluding hydrogens is 699 g/mol. The second-order valence-electron chi connectivity index (χ2n) is 14.2. The van der Waals surface area contributed by atoms with E-state index in [0.717, 1.165) is 83.9 Å². The van der Waals surface area contributed by atoms with E-state index in [2.05, 4.69) is 147 Å². The van der Waals surface area contributed by atoms with E-state index >= 15 is 0 Å². The molecule has 0 bridgehead atoms. The smallest absolute Gasteiger partial charge is 0.137 e. The summed E-state index contributed by atoms with van der Waals surface area (Å²) in [4.78, 5) is 25.8. The highest BCUT2D eigenvalue weighted by Crippen LogP contribution is 2.52. The summed E-state index contributed by atoms with van der Waals surface area (Å²) in [5.41, 5.74) is 12.7. The normalized spacial score (nSPS) is 11.7. The molecule has 7 heterocycles. The van der Waals surface area contributed by atoms with Crippen molar-refractivity contribution in [2.24, 2.45) is 0 Å². The highest BCUT2D eigenvalue weighted by molar-refractivity contribution is 6.19. The summed E-state index contributed by atoms with van der Waals surface area (Å²) in [6.07, 6.45) is 14.3. The van der Waals surface area contributed by atoms with Crippen LogP contribution in [0.5, 0.6) is 0 Å². The first kappa shape index (κ1) is 34.0. The number of fused-ring (bicyclic) bond motifs is 5. The van der Waals surface area contributed by atoms with Gasteiger partial charge >= 0.3 is 0 Å². The molecule has 0 fully saturated rings. The molecule has 4 aromatic carbocycles. The second-order valence-corrected chi connectivity index (χ2v) is 14.2. The van der Waals surface area contributed by atoms with Crippen LogP contribution in [0.4, 0.5) is 17.2 Å². The molecule has 0 amide bonds. The van der Waals surface area contributed by atoms with Crippen molar-refractivity contribution >= 4 is 49.8 Å². The molecule has 272 valence electrons. The van der Waals surface area contributed by atoms with E-state index in [9.17, 15) is 0 Å². The number of hydrogen-bond acceptors (Lipinski definition) is 6. The lowest BCUT2D eigenvalue weighted by Crippen LogP contribution is -2.16. The molecule has 7 heteroatoms. The minimum atomic E-state index is 0.831. The van der Waals surface area contributed by atoms with Crippen molar-refractivity contribution in [3.05, 3.63) is 177 Å². The average molecular weight is 736 g/mol. The van der Waals surface area contributed by atoms with Crippen LogP contribution in [0, 0.1) is 0 Å². The second kappa shape index (κ2) is 14.3. The van der Waals surface area contributed by atoms with Crippen LogP contribution in [0.2, 0.25) is 0 Å². The number of aromatic nitrogens is 6. The van der Waals surface area contributed by atoms with Gasteiger partial charge in [0.15, 0.2) is 0 Å². The van der Waals surface area contributed by atoms with Crippen molar-refractivity contribution in [2.45, 2.75) is 20.3 Å². The van der Waals surface area contributed by atoms with Crippen LogP contribution in [-0.4, -0.2) is 29.5 Å². The van der Waals surface area contributed by atoms with Gasteiger partial charge in [0, 0.05) is 92.9 Å². The molecule has 0 radical (unpaired) electrons. The maximum Gasteiger partial charge on any atom is 0.137 e. The minimum Gasteiger partial charge on any atom is -0.294 e. The fourth-order valence-corrected chi connectivity index (χ4v) is 7.95. The lowest BCUT2D eigenvalue weighted by molar-refractivity contribution is 1.08. The molecule has 6 aromatic heterocycles. The number of anilines is 3. The summed E-state index contributed by atoms with van der Waals surface area (Å²) in [6.45, 7) is 4.25. The van der Waals surface area contributed by atoms with Gasteiger partial charge in [-0.1, -0.05) is 74.9 Å². The van der Waals surface area contributed by atoms with Crippen LogP contribution in [0.1, 0.15) is 20.3 Å². The molecule has 0 N–H and O–H groups in total. The van der Waals surface area contributed by atoms with Crippen molar-refractivity contribution < 1.29 is 0 Å². The first-order chi connectivity index (χ1) is 28.2. The molecule has 0 unspecified atom stereocenters. The summed E-state index contributed by atoms with van der Waals surface area (Å²) in [5, 5.41) is 4.66. The van der Waals surface area contributed by atoms with E-state index in [0.29, 0.717) is 0 Å². The molecule has 0 saturated heterocycles. The van der Waals surface area contributed by atoms with Crippen LogP contribution >= 0.6 is 0 Å². The highest BCUT2D eigenvalue weighted by atomic mass is 15.2. The SMILES string of the molecule is CCC.c1ccc(-c2ccc3c(c2)c2cc4c(cc2n3-c2ccc(-c3cccnc3)cn2)N(c2ccc(-c3cccnc3)cn2)c2cccc3cccc-4c23)nc1. The summed E-state index contributed by atoms with van der Waals surface area (Å²) in [6, 6.07) is 46.9. The number of hydrogen-bond donors (Lipinski definition) is 0. The summed E-state index contributed by atoms with van der Waals surface area (Å²) < 4.78 is 2.28. The fourth-order valence-electron chi connectivity index (χ4n) is 7.95. The van der Waals surface area contributed by atoms with Gasteiger partial charge in [0.05, 0.1) is 28.1 Å². The summed E-state index contributed by atoms with van der Waals surface area (Å²) in [5.74, 6) is 1.67. The Balaban J connectivity index is 0.00000128. The first-order valence-electron chi connectivity index (χ1n) is 19.3. The van der Waals surface area contributed by atoms with E-state index in [1.165, 1.54) is 22.8 Å². The van der Waals surface area contributed by atoms with Crippen LogP contribution in [0.15, 0.2) is 177 Å². The maximum absolute atomic E-state index is 5.09. The summed E-state index contributed by atoms with van der Waals surface area (Å²) >= 11 is 0. The predicted octanol–water partition coefficient (Wildman–Crippen LogP) is 12.8. The summed E-state index contributed by atoms with van der Waals surface area (Å²) in [7, 11) is 0. The fraction of sp³-hybridized carbons (Fsp3) is 0.0600. The molecule has 0 atom stereocenters. The highest BCUT2D eigenvalue weighted by Gasteiger charge is 2.29. The quantitative estimate of drug-likeness (QED) is 0.175.